The molecule has 0 unspecified atom stereocenters. The van der Waals surface area contributed by atoms with Gasteiger partial charge >= 0.3 is 0 Å². The Hall–Kier alpha value is -0.760. The highest BCUT2D eigenvalue weighted by atomic mass is 127. The first-order valence-electron chi connectivity index (χ1n) is 4.50. The lowest BCUT2D eigenvalue weighted by molar-refractivity contribution is -0.116. The van der Waals surface area contributed by atoms with E-state index in [1.165, 1.54) is 6.07 Å². The van der Waals surface area contributed by atoms with Gasteiger partial charge in [0.2, 0.25) is 5.91 Å². The summed E-state index contributed by atoms with van der Waals surface area (Å²) in [5.41, 5.74) is -0.00218. The highest BCUT2D eigenvalue weighted by Crippen LogP contribution is 2.22. The normalized spacial score (nSPS) is 10.6. The van der Waals surface area contributed by atoms with Gasteiger partial charge in [-0.15, -0.1) is 0 Å². The lowest BCUT2D eigenvalue weighted by atomic mass is 10.3. The molecule has 0 aromatic heterocycles. The van der Waals surface area contributed by atoms with E-state index < -0.39 is 11.6 Å². The average molecular weight is 340 g/mol. The third-order valence-corrected chi connectivity index (χ3v) is 2.76. The highest BCUT2D eigenvalue weighted by molar-refractivity contribution is 14.1. The predicted molar refractivity (Wildman–Crippen MR) is 66.3 cm³/mol. The van der Waals surface area contributed by atoms with Crippen LogP contribution < -0.4 is 5.32 Å². The van der Waals surface area contributed by atoms with Crippen molar-refractivity contribution in [1.82, 2.24) is 4.90 Å². The Bertz CT molecular complexity index is 410. The highest BCUT2D eigenvalue weighted by Gasteiger charge is 2.13. The van der Waals surface area contributed by atoms with Gasteiger partial charge in [0.15, 0.2) is 5.82 Å². The summed E-state index contributed by atoms with van der Waals surface area (Å²) in [4.78, 5) is 13.0. The van der Waals surface area contributed by atoms with Gasteiger partial charge in [-0.1, -0.05) is 0 Å². The van der Waals surface area contributed by atoms with Gasteiger partial charge < -0.3 is 10.2 Å². The number of hydrogen-bond acceptors (Lipinski definition) is 2. The van der Waals surface area contributed by atoms with E-state index in [0.29, 0.717) is 0 Å². The maximum atomic E-state index is 13.5. The zero-order valence-electron chi connectivity index (χ0n) is 8.85. The molecule has 6 heteroatoms. The number of carbonyl (C=O) groups excluding carboxylic acids is 1. The van der Waals surface area contributed by atoms with Crippen LogP contribution in [0, 0.1) is 15.2 Å². The van der Waals surface area contributed by atoms with Gasteiger partial charge in [0, 0.05) is 0 Å². The molecule has 0 atom stereocenters. The fourth-order valence-corrected chi connectivity index (χ4v) is 1.57. The fourth-order valence-electron chi connectivity index (χ4n) is 1.10. The number of nitrogens with zero attached hydrogens (tertiary/aromatic N) is 1. The van der Waals surface area contributed by atoms with E-state index in [0.717, 1.165) is 6.07 Å². The van der Waals surface area contributed by atoms with Crippen LogP contribution in [0.5, 0.6) is 0 Å². The number of hydrogen-bond donors (Lipinski definition) is 1. The molecule has 0 radical (unpaired) electrons. The summed E-state index contributed by atoms with van der Waals surface area (Å²) >= 11 is 1.55. The molecule has 1 amide bonds. The van der Waals surface area contributed by atoms with Gasteiger partial charge in [-0.2, -0.15) is 0 Å². The second-order valence-corrected chi connectivity index (χ2v) is 4.59. The molecule has 0 spiro atoms. The minimum Gasteiger partial charge on any atom is -0.322 e. The zero-order chi connectivity index (χ0) is 12.3. The van der Waals surface area contributed by atoms with Gasteiger partial charge in [0.1, 0.15) is 5.82 Å². The van der Waals surface area contributed by atoms with Crippen molar-refractivity contribution in [2.45, 2.75) is 0 Å². The van der Waals surface area contributed by atoms with Crippen LogP contribution in [0.25, 0.3) is 0 Å². The number of anilines is 1. The summed E-state index contributed by atoms with van der Waals surface area (Å²) in [5.74, 6) is -1.72. The van der Waals surface area contributed by atoms with E-state index in [9.17, 15) is 13.6 Å². The van der Waals surface area contributed by atoms with Crippen LogP contribution in [-0.4, -0.2) is 31.4 Å². The molecule has 0 aliphatic carbocycles. The van der Waals surface area contributed by atoms with Crippen LogP contribution in [0.1, 0.15) is 0 Å². The van der Waals surface area contributed by atoms with Crippen LogP contribution in [0.3, 0.4) is 0 Å². The Morgan fingerprint density at radius 3 is 2.62 bits per heavy atom. The Morgan fingerprint density at radius 1 is 1.44 bits per heavy atom. The van der Waals surface area contributed by atoms with Crippen molar-refractivity contribution in [3.05, 3.63) is 27.3 Å². The lowest BCUT2D eigenvalue weighted by Crippen LogP contribution is -2.27. The summed E-state index contributed by atoms with van der Waals surface area (Å²) < 4.78 is 26.3. The first-order chi connectivity index (χ1) is 7.41. The summed E-state index contributed by atoms with van der Waals surface area (Å²) in [7, 11) is 3.45. The molecular weight excluding hydrogens is 329 g/mol. The molecule has 1 aromatic carbocycles. The third-order valence-electron chi connectivity index (χ3n) is 1.77. The molecule has 0 aliphatic rings. The summed E-state index contributed by atoms with van der Waals surface area (Å²) in [6, 6.07) is 2.33. The molecule has 0 saturated carbocycles. The summed E-state index contributed by atoms with van der Waals surface area (Å²) in [5, 5.41) is 2.38. The van der Waals surface area contributed by atoms with Gasteiger partial charge in [-0.05, 0) is 48.8 Å². The first kappa shape index (κ1) is 13.3. The predicted octanol–water partition coefficient (Wildman–Crippen LogP) is 2.07. The largest absolute Gasteiger partial charge is 0.322 e. The molecule has 3 nitrogen and oxygen atoms in total. The maximum Gasteiger partial charge on any atom is 0.238 e. The van der Waals surface area contributed by atoms with E-state index in [1.807, 2.05) is 0 Å². The van der Waals surface area contributed by atoms with Crippen LogP contribution in [-0.2, 0) is 4.79 Å². The van der Waals surface area contributed by atoms with Crippen molar-refractivity contribution in [1.29, 1.82) is 0 Å². The number of rotatable bonds is 3. The van der Waals surface area contributed by atoms with E-state index in [-0.39, 0.29) is 21.7 Å². The minimum atomic E-state index is -0.743. The van der Waals surface area contributed by atoms with E-state index in [1.54, 1.807) is 41.6 Å². The quantitative estimate of drug-likeness (QED) is 0.675. The van der Waals surface area contributed by atoms with Crippen molar-refractivity contribution < 1.29 is 13.6 Å². The van der Waals surface area contributed by atoms with E-state index in [4.69, 9.17) is 0 Å². The molecule has 0 bridgehead atoms. The minimum absolute atomic E-state index is 0.00218. The number of benzene rings is 1. The van der Waals surface area contributed by atoms with Crippen molar-refractivity contribution in [3.8, 4) is 0 Å². The third kappa shape index (κ3) is 3.38. The van der Waals surface area contributed by atoms with Gasteiger partial charge in [0.05, 0.1) is 15.8 Å². The van der Waals surface area contributed by atoms with E-state index >= 15 is 0 Å². The van der Waals surface area contributed by atoms with Crippen LogP contribution in [0.15, 0.2) is 12.1 Å². The van der Waals surface area contributed by atoms with Gasteiger partial charge in [-0.3, -0.25) is 4.79 Å². The van der Waals surface area contributed by atoms with Crippen LogP contribution in [0.4, 0.5) is 14.5 Å². The second kappa shape index (κ2) is 5.53. The number of nitrogens with one attached hydrogen (secondary N) is 1. The molecule has 0 fully saturated rings. The van der Waals surface area contributed by atoms with Crippen LogP contribution in [0.2, 0.25) is 0 Å². The lowest BCUT2D eigenvalue weighted by Gasteiger charge is -2.11. The Morgan fingerprint density at radius 2 is 2.06 bits per heavy atom. The summed E-state index contributed by atoms with van der Waals surface area (Å²) in [6.07, 6.45) is 0. The molecule has 0 aliphatic heterocycles. The molecule has 1 N–H and O–H groups in total. The smallest absolute Gasteiger partial charge is 0.238 e. The van der Waals surface area contributed by atoms with Gasteiger partial charge in [0.25, 0.3) is 0 Å². The topological polar surface area (TPSA) is 32.3 Å². The summed E-state index contributed by atoms with van der Waals surface area (Å²) in [6.45, 7) is 0.146. The molecule has 16 heavy (non-hydrogen) atoms. The van der Waals surface area contributed by atoms with Gasteiger partial charge in [-0.25, -0.2) is 8.78 Å². The zero-order valence-corrected chi connectivity index (χ0v) is 11.0. The monoisotopic (exact) mass is 340 g/mol. The Balaban J connectivity index is 2.82. The van der Waals surface area contributed by atoms with Crippen molar-refractivity contribution in [3.63, 3.8) is 0 Å². The van der Waals surface area contributed by atoms with E-state index in [2.05, 4.69) is 5.32 Å². The first-order valence-corrected chi connectivity index (χ1v) is 5.57. The molecule has 0 heterocycles. The SMILES string of the molecule is CN(C)CC(=O)Nc1ccc(F)c(I)c1F. The molecule has 1 aromatic rings. The fraction of sp³-hybridized carbons (Fsp3) is 0.300. The maximum absolute atomic E-state index is 13.5. The molecule has 88 valence electrons. The van der Waals surface area contributed by atoms with Crippen molar-refractivity contribution in [2.75, 3.05) is 26.0 Å². The van der Waals surface area contributed by atoms with Crippen molar-refractivity contribution in [2.24, 2.45) is 0 Å². The standard InChI is InChI=1S/C10H11F2IN2O/c1-15(2)5-8(16)14-7-4-3-6(11)10(13)9(7)12/h3-4H,5H2,1-2H3,(H,14,16). The molecule has 0 saturated heterocycles. The number of halogens is 3. The Labute approximate surface area is 106 Å². The molecule has 1 rings (SSSR count). The van der Waals surface area contributed by atoms with Crippen LogP contribution >= 0.6 is 22.6 Å². The van der Waals surface area contributed by atoms with Crippen molar-refractivity contribution >= 4 is 34.2 Å². The Kier molecular flexibility index (Phi) is 4.60. The molecular formula is C10H11F2IN2O. The second-order valence-electron chi connectivity index (χ2n) is 3.51. The average Bonchev–Trinajstić information content (AvgIpc) is 2.18. The number of likely N-dealkylation sites (N-methyl/N-ethyl adjacent to an activating group) is 1. The number of amides is 1. The number of carbonyl (C=O) groups is 1.